The molecule has 0 atom stereocenters. The third-order valence-corrected chi connectivity index (χ3v) is 2.45. The fourth-order valence-corrected chi connectivity index (χ4v) is 1.68. The SMILES string of the molecule is O=[N+]([O-])c1cc([N+](=O)[O-])c2c(nn[n]2[Ag])c1O. The molecule has 0 fully saturated rings. The molecule has 0 radical (unpaired) electrons. The van der Waals surface area contributed by atoms with Crippen molar-refractivity contribution in [2.24, 2.45) is 0 Å². The van der Waals surface area contributed by atoms with Crippen molar-refractivity contribution in [3.63, 3.8) is 0 Å². The summed E-state index contributed by atoms with van der Waals surface area (Å²) in [6.45, 7) is 0. The number of hydrogen-bond acceptors (Lipinski definition) is 7. The molecule has 0 aliphatic rings. The summed E-state index contributed by atoms with van der Waals surface area (Å²) in [5.74, 6) is -0.763. The van der Waals surface area contributed by atoms with Gasteiger partial charge in [0.05, 0.1) is 0 Å². The van der Waals surface area contributed by atoms with Crippen LogP contribution in [0.3, 0.4) is 0 Å². The maximum atomic E-state index is 10.8. The molecule has 0 unspecified atom stereocenters. The van der Waals surface area contributed by atoms with E-state index in [2.05, 4.69) is 31.6 Å². The zero-order valence-corrected chi connectivity index (χ0v) is 9.18. The molecule has 0 saturated carbocycles. The molecule has 1 aromatic carbocycles. The first-order valence-electron chi connectivity index (χ1n) is 3.96. The van der Waals surface area contributed by atoms with E-state index in [4.69, 9.17) is 0 Å². The van der Waals surface area contributed by atoms with Gasteiger partial charge in [0.1, 0.15) is 0 Å². The first-order valence-corrected chi connectivity index (χ1v) is 4.62. The molecule has 0 bridgehead atoms. The van der Waals surface area contributed by atoms with Gasteiger partial charge in [-0.3, -0.25) is 0 Å². The van der Waals surface area contributed by atoms with Gasteiger partial charge in [-0.25, -0.2) is 0 Å². The zero-order valence-electron chi connectivity index (χ0n) is 7.70. The number of phenols is 1. The van der Waals surface area contributed by atoms with Crippen molar-refractivity contribution in [3.8, 4) is 5.75 Å². The van der Waals surface area contributed by atoms with Crippen molar-refractivity contribution in [2.45, 2.75) is 0 Å². The number of nitro groups is 2. The molecule has 0 aliphatic heterocycles. The summed E-state index contributed by atoms with van der Waals surface area (Å²) in [5.41, 5.74) is -1.85. The average molecular weight is 332 g/mol. The standard InChI is InChI=1S/C6H2N5O5.Ag/c12-6-3(11(15)16)1-2(10(13)14)4-5(6)8-9-7-4;/h1H,(H-,7,8,9,12);/q-1;+1. The molecule has 0 saturated heterocycles. The van der Waals surface area contributed by atoms with Crippen molar-refractivity contribution >= 4 is 22.4 Å². The molecule has 11 heteroatoms. The van der Waals surface area contributed by atoms with Gasteiger partial charge >= 0.3 is 104 Å². The fraction of sp³-hybridized carbons (Fsp3) is 0. The Labute approximate surface area is 104 Å². The van der Waals surface area contributed by atoms with Gasteiger partial charge in [-0.1, -0.05) is 0 Å². The van der Waals surface area contributed by atoms with E-state index >= 15 is 0 Å². The molecular weight excluding hydrogens is 330 g/mol. The number of phenolic OH excluding ortho intramolecular Hbond substituents is 1. The second-order valence-electron chi connectivity index (χ2n) is 2.89. The Kier molecular flexibility index (Phi) is 2.53. The van der Waals surface area contributed by atoms with Gasteiger partial charge in [0.15, 0.2) is 0 Å². The summed E-state index contributed by atoms with van der Waals surface area (Å²) in [6.07, 6.45) is 0. The van der Waals surface area contributed by atoms with Crippen LogP contribution < -0.4 is 0 Å². The van der Waals surface area contributed by atoms with Crippen LogP contribution in [0.25, 0.3) is 11.0 Å². The summed E-state index contributed by atoms with van der Waals surface area (Å²) in [6, 6.07) is 0.651. The number of nitro benzene ring substituents is 2. The molecule has 0 aliphatic carbocycles. The van der Waals surface area contributed by atoms with Crippen LogP contribution >= 0.6 is 0 Å². The van der Waals surface area contributed by atoms with Gasteiger partial charge < -0.3 is 0 Å². The van der Waals surface area contributed by atoms with Crippen molar-refractivity contribution in [3.05, 3.63) is 26.3 Å². The zero-order chi connectivity index (χ0) is 12.7. The van der Waals surface area contributed by atoms with Crippen molar-refractivity contribution in [1.29, 1.82) is 0 Å². The minimum absolute atomic E-state index is 0.156. The van der Waals surface area contributed by atoms with Crippen molar-refractivity contribution < 1.29 is 36.3 Å². The summed E-state index contributed by atoms with van der Waals surface area (Å²) in [7, 11) is 0. The number of hydrogen-bond donors (Lipinski definition) is 1. The van der Waals surface area contributed by atoms with Gasteiger partial charge in [-0.2, -0.15) is 0 Å². The Bertz CT molecular complexity index is 652. The van der Waals surface area contributed by atoms with Crippen LogP contribution in [-0.4, -0.2) is 28.4 Å². The quantitative estimate of drug-likeness (QED) is 0.473. The Morgan fingerprint density at radius 3 is 2.41 bits per heavy atom. The van der Waals surface area contributed by atoms with E-state index in [1.54, 1.807) is 0 Å². The Morgan fingerprint density at radius 2 is 1.88 bits per heavy atom. The monoisotopic (exact) mass is 331 g/mol. The number of aromatic nitrogens is 3. The molecular formula is C6H2AgN5O5. The third-order valence-electron chi connectivity index (χ3n) is 1.98. The van der Waals surface area contributed by atoms with Crippen LogP contribution in [0.4, 0.5) is 11.4 Å². The summed E-state index contributed by atoms with van der Waals surface area (Å²) < 4.78 is 0.876. The first-order chi connectivity index (χ1) is 7.93. The van der Waals surface area contributed by atoms with Crippen LogP contribution in [-0.2, 0) is 21.3 Å². The van der Waals surface area contributed by atoms with Crippen LogP contribution in [0.2, 0.25) is 0 Å². The van der Waals surface area contributed by atoms with E-state index in [9.17, 15) is 25.3 Å². The minimum atomic E-state index is -0.936. The molecule has 0 spiro atoms. The number of fused-ring (bicyclic) bond motifs is 1. The number of rotatable bonds is 2. The Hall–Kier alpha value is -2.04. The van der Waals surface area contributed by atoms with Gasteiger partial charge in [0.25, 0.3) is 0 Å². The molecule has 10 nitrogen and oxygen atoms in total. The van der Waals surface area contributed by atoms with Crippen molar-refractivity contribution in [2.75, 3.05) is 0 Å². The topological polar surface area (TPSA) is 137 Å². The van der Waals surface area contributed by atoms with Gasteiger partial charge in [-0.15, -0.1) is 0 Å². The Balaban J connectivity index is 2.96. The van der Waals surface area contributed by atoms with E-state index in [0.29, 0.717) is 6.07 Å². The molecule has 0 amide bonds. The molecule has 17 heavy (non-hydrogen) atoms. The average Bonchev–Trinajstić information content (AvgIpc) is 2.61. The van der Waals surface area contributed by atoms with Crippen LogP contribution in [0.15, 0.2) is 6.07 Å². The van der Waals surface area contributed by atoms with Gasteiger partial charge in [0, 0.05) is 0 Å². The maximum absolute atomic E-state index is 10.8. The predicted molar refractivity (Wildman–Crippen MR) is 47.9 cm³/mol. The molecule has 92 valence electrons. The molecule has 1 heterocycles. The van der Waals surface area contributed by atoms with E-state index in [0.717, 1.165) is 3.09 Å². The summed E-state index contributed by atoms with van der Waals surface area (Å²) >= 11 is 2.86. The van der Waals surface area contributed by atoms with Crippen molar-refractivity contribution in [1.82, 2.24) is 13.4 Å². The van der Waals surface area contributed by atoms with Crippen LogP contribution in [0, 0.1) is 20.2 Å². The van der Waals surface area contributed by atoms with Gasteiger partial charge in [-0.05, 0) is 0 Å². The second-order valence-corrected chi connectivity index (χ2v) is 3.52. The number of nitrogens with zero attached hydrogens (tertiary/aromatic N) is 5. The Morgan fingerprint density at radius 1 is 1.29 bits per heavy atom. The summed E-state index contributed by atoms with van der Waals surface area (Å²) in [4.78, 5) is 19.6. The molecule has 2 rings (SSSR count). The second kappa shape index (κ2) is 3.76. The number of non-ortho nitro benzene ring substituents is 1. The van der Waals surface area contributed by atoms with E-state index in [1.165, 1.54) is 0 Å². The van der Waals surface area contributed by atoms with E-state index in [-0.39, 0.29) is 11.0 Å². The normalized spacial score (nSPS) is 10.7. The number of benzene rings is 1. The molecule has 1 aromatic heterocycles. The molecule has 2 aromatic rings. The van der Waals surface area contributed by atoms with Crippen LogP contribution in [0.1, 0.15) is 0 Å². The first kappa shape index (κ1) is 11.4. The molecule has 1 N–H and O–H groups in total. The van der Waals surface area contributed by atoms with E-state index in [1.807, 2.05) is 0 Å². The van der Waals surface area contributed by atoms with Gasteiger partial charge in [0.2, 0.25) is 0 Å². The summed E-state index contributed by atoms with van der Waals surface area (Å²) in [5, 5.41) is 37.7. The third kappa shape index (κ3) is 1.63. The fourth-order valence-electron chi connectivity index (χ4n) is 1.28. The van der Waals surface area contributed by atoms with Crippen LogP contribution in [0.5, 0.6) is 5.75 Å². The number of aromatic hydroxyl groups is 1. The predicted octanol–water partition coefficient (Wildman–Crippen LogP) is 0.263. The van der Waals surface area contributed by atoms with E-state index < -0.39 is 27.0 Å².